The number of aryl methyl sites for hydroxylation is 1. The molecule has 0 spiro atoms. The average Bonchev–Trinajstić information content (AvgIpc) is 2.91. The zero-order valence-electron chi connectivity index (χ0n) is 12.2. The van der Waals surface area contributed by atoms with Gasteiger partial charge in [-0.2, -0.15) is 5.10 Å². The smallest absolute Gasteiger partial charge is 0.303 e. The van der Waals surface area contributed by atoms with Gasteiger partial charge in [0, 0.05) is 25.4 Å². The first-order valence-corrected chi connectivity index (χ1v) is 6.80. The van der Waals surface area contributed by atoms with E-state index in [1.807, 2.05) is 0 Å². The number of nitrogens with zero attached hydrogens (tertiary/aromatic N) is 2. The molecule has 0 radical (unpaired) electrons. The summed E-state index contributed by atoms with van der Waals surface area (Å²) in [5.74, 6) is -0.448. The van der Waals surface area contributed by atoms with Crippen molar-refractivity contribution in [1.29, 1.82) is 0 Å². The molecular weight excluding hydrogens is 286 g/mol. The molecule has 22 heavy (non-hydrogen) atoms. The molecule has 116 valence electrons. The fourth-order valence-electron chi connectivity index (χ4n) is 1.84. The summed E-state index contributed by atoms with van der Waals surface area (Å²) in [7, 11) is 1.70. The lowest BCUT2D eigenvalue weighted by molar-refractivity contribution is -0.137. The number of hydrogen-bond acceptors (Lipinski definition) is 4. The van der Waals surface area contributed by atoms with Crippen LogP contribution in [0.25, 0.3) is 0 Å². The number of nitrogens with one attached hydrogen (secondary N) is 1. The number of ether oxygens (including phenoxy) is 1. The molecule has 0 fully saturated rings. The number of carbonyl (C=O) groups excluding carboxylic acids is 1. The van der Waals surface area contributed by atoms with Crippen LogP contribution < -0.4 is 10.1 Å². The van der Waals surface area contributed by atoms with E-state index in [0.717, 1.165) is 0 Å². The highest BCUT2D eigenvalue weighted by atomic mass is 16.5. The first-order valence-electron chi connectivity index (χ1n) is 6.80. The van der Waals surface area contributed by atoms with Crippen LogP contribution in [-0.4, -0.2) is 33.4 Å². The first-order chi connectivity index (χ1) is 10.6. The summed E-state index contributed by atoms with van der Waals surface area (Å²) in [6.07, 6.45) is 2.09. The van der Waals surface area contributed by atoms with Crippen LogP contribution in [0.3, 0.4) is 0 Å². The standard InChI is InChI=1S/C15H17N3O4/c1-18-13(8-9-16-18)15(21)17-11-4-6-12(7-5-11)22-10-2-3-14(19)20/h4-9H,2-3,10H2,1H3,(H,17,21)(H,19,20). The van der Waals surface area contributed by atoms with Gasteiger partial charge >= 0.3 is 5.97 Å². The zero-order chi connectivity index (χ0) is 15.9. The van der Waals surface area contributed by atoms with Crippen molar-refractivity contribution in [1.82, 2.24) is 9.78 Å². The van der Waals surface area contributed by atoms with Gasteiger partial charge < -0.3 is 15.2 Å². The van der Waals surface area contributed by atoms with Crippen LogP contribution in [0.2, 0.25) is 0 Å². The second-order valence-electron chi connectivity index (χ2n) is 4.66. The molecule has 1 amide bonds. The van der Waals surface area contributed by atoms with Gasteiger partial charge in [0.1, 0.15) is 11.4 Å². The van der Waals surface area contributed by atoms with Gasteiger partial charge in [-0.15, -0.1) is 0 Å². The van der Waals surface area contributed by atoms with Crippen molar-refractivity contribution < 1.29 is 19.4 Å². The number of carboxylic acids is 1. The summed E-state index contributed by atoms with van der Waals surface area (Å²) in [6, 6.07) is 8.52. The van der Waals surface area contributed by atoms with E-state index >= 15 is 0 Å². The molecule has 2 rings (SSSR count). The summed E-state index contributed by atoms with van der Waals surface area (Å²) >= 11 is 0. The number of hydrogen-bond donors (Lipinski definition) is 2. The highest BCUT2D eigenvalue weighted by Crippen LogP contribution is 2.16. The molecule has 0 unspecified atom stereocenters. The van der Waals surface area contributed by atoms with Crippen LogP contribution >= 0.6 is 0 Å². The summed E-state index contributed by atoms with van der Waals surface area (Å²) in [5.41, 5.74) is 1.11. The lowest BCUT2D eigenvalue weighted by Crippen LogP contribution is -2.15. The molecule has 0 saturated heterocycles. The Bertz CT molecular complexity index is 649. The van der Waals surface area contributed by atoms with E-state index in [-0.39, 0.29) is 12.3 Å². The van der Waals surface area contributed by atoms with Crippen molar-refractivity contribution in [2.24, 2.45) is 7.05 Å². The average molecular weight is 303 g/mol. The molecule has 7 nitrogen and oxygen atoms in total. The molecule has 1 aromatic carbocycles. The molecule has 0 aliphatic heterocycles. The van der Waals surface area contributed by atoms with Crippen molar-refractivity contribution in [3.05, 3.63) is 42.2 Å². The Hall–Kier alpha value is -2.83. The van der Waals surface area contributed by atoms with Crippen LogP contribution in [0.5, 0.6) is 5.75 Å². The Kier molecular flexibility index (Phi) is 5.13. The fraction of sp³-hybridized carbons (Fsp3) is 0.267. The highest BCUT2D eigenvalue weighted by molar-refractivity contribution is 6.03. The van der Waals surface area contributed by atoms with Crippen molar-refractivity contribution in [3.8, 4) is 5.75 Å². The third kappa shape index (κ3) is 4.34. The number of carbonyl (C=O) groups is 2. The SMILES string of the molecule is Cn1nccc1C(=O)Nc1ccc(OCCCC(=O)O)cc1. The molecule has 0 aliphatic rings. The number of benzene rings is 1. The van der Waals surface area contributed by atoms with Crippen LogP contribution in [0.15, 0.2) is 36.5 Å². The molecule has 0 bridgehead atoms. The molecule has 1 heterocycles. The minimum absolute atomic E-state index is 0.0822. The van der Waals surface area contributed by atoms with Gasteiger partial charge in [0.2, 0.25) is 0 Å². The summed E-state index contributed by atoms with van der Waals surface area (Å²) < 4.78 is 6.91. The number of anilines is 1. The van der Waals surface area contributed by atoms with E-state index in [2.05, 4.69) is 10.4 Å². The lowest BCUT2D eigenvalue weighted by atomic mass is 10.3. The quantitative estimate of drug-likeness (QED) is 0.762. The van der Waals surface area contributed by atoms with Crippen LogP contribution in [0.4, 0.5) is 5.69 Å². The predicted octanol–water partition coefficient (Wildman–Crippen LogP) is 1.92. The number of rotatable bonds is 7. The molecule has 0 atom stereocenters. The van der Waals surface area contributed by atoms with E-state index < -0.39 is 5.97 Å². The Labute approximate surface area is 127 Å². The van der Waals surface area contributed by atoms with Crippen LogP contribution in [-0.2, 0) is 11.8 Å². The van der Waals surface area contributed by atoms with Crippen LogP contribution in [0.1, 0.15) is 23.3 Å². The third-order valence-corrected chi connectivity index (χ3v) is 2.97. The van der Waals surface area contributed by atoms with Gasteiger partial charge in [-0.05, 0) is 36.8 Å². The van der Waals surface area contributed by atoms with E-state index in [9.17, 15) is 9.59 Å². The van der Waals surface area contributed by atoms with Crippen molar-refractivity contribution >= 4 is 17.6 Å². The van der Waals surface area contributed by atoms with Gasteiger partial charge in [-0.25, -0.2) is 0 Å². The predicted molar refractivity (Wildman–Crippen MR) is 80.0 cm³/mol. The molecule has 2 aromatic rings. The van der Waals surface area contributed by atoms with Gasteiger partial charge in [-0.1, -0.05) is 0 Å². The maximum absolute atomic E-state index is 12.0. The minimum atomic E-state index is -0.836. The van der Waals surface area contributed by atoms with E-state index in [0.29, 0.717) is 30.2 Å². The third-order valence-electron chi connectivity index (χ3n) is 2.97. The van der Waals surface area contributed by atoms with Gasteiger partial charge in [-0.3, -0.25) is 14.3 Å². The number of carboxylic acid groups (broad SMARTS) is 1. The van der Waals surface area contributed by atoms with Crippen molar-refractivity contribution in [2.75, 3.05) is 11.9 Å². The Morgan fingerprint density at radius 2 is 2.00 bits per heavy atom. The van der Waals surface area contributed by atoms with Crippen LogP contribution in [0, 0.1) is 0 Å². The largest absolute Gasteiger partial charge is 0.494 e. The van der Waals surface area contributed by atoms with E-state index in [1.54, 1.807) is 43.6 Å². The Morgan fingerprint density at radius 3 is 2.59 bits per heavy atom. The van der Waals surface area contributed by atoms with E-state index in [1.165, 1.54) is 4.68 Å². The normalized spacial score (nSPS) is 10.2. The Balaban J connectivity index is 1.85. The van der Waals surface area contributed by atoms with Gasteiger partial charge in [0.15, 0.2) is 0 Å². The maximum Gasteiger partial charge on any atom is 0.303 e. The number of amides is 1. The van der Waals surface area contributed by atoms with Gasteiger partial charge in [0.25, 0.3) is 5.91 Å². The monoisotopic (exact) mass is 303 g/mol. The number of aliphatic carboxylic acids is 1. The highest BCUT2D eigenvalue weighted by Gasteiger charge is 2.09. The summed E-state index contributed by atoms with van der Waals surface area (Å²) in [6.45, 7) is 0.340. The van der Waals surface area contributed by atoms with Crippen molar-refractivity contribution in [3.63, 3.8) is 0 Å². The molecule has 0 aliphatic carbocycles. The second kappa shape index (κ2) is 7.26. The molecular formula is C15H17N3O4. The Morgan fingerprint density at radius 1 is 1.27 bits per heavy atom. The van der Waals surface area contributed by atoms with E-state index in [4.69, 9.17) is 9.84 Å². The number of aromatic nitrogens is 2. The lowest BCUT2D eigenvalue weighted by Gasteiger charge is -2.08. The van der Waals surface area contributed by atoms with Gasteiger partial charge in [0.05, 0.1) is 6.61 Å². The summed E-state index contributed by atoms with van der Waals surface area (Å²) in [4.78, 5) is 22.4. The molecule has 0 saturated carbocycles. The first kappa shape index (κ1) is 15.6. The molecule has 1 aromatic heterocycles. The summed E-state index contributed by atoms with van der Waals surface area (Å²) in [5, 5.41) is 15.2. The topological polar surface area (TPSA) is 93.5 Å². The molecule has 2 N–H and O–H groups in total. The van der Waals surface area contributed by atoms with Crippen molar-refractivity contribution in [2.45, 2.75) is 12.8 Å². The molecule has 7 heteroatoms. The fourth-order valence-corrected chi connectivity index (χ4v) is 1.84. The second-order valence-corrected chi connectivity index (χ2v) is 4.66. The maximum atomic E-state index is 12.0. The zero-order valence-corrected chi connectivity index (χ0v) is 12.2. The minimum Gasteiger partial charge on any atom is -0.494 e.